The molecule has 4 aliphatic rings. The molecule has 6 atom stereocenters. The summed E-state index contributed by atoms with van der Waals surface area (Å²) in [5.74, 6) is -2.79. The zero-order valence-corrected chi connectivity index (χ0v) is 30.1. The maximum atomic E-state index is 14.5. The molecule has 2 aromatic carbocycles. The molecule has 4 heterocycles. The number of aliphatic hydroxyl groups excluding tert-OH is 1. The van der Waals surface area contributed by atoms with Crippen LogP contribution in [0.15, 0.2) is 65.4 Å². The molecule has 286 valence electrons. The fraction of sp³-hybridized carbons (Fsp3) is 0.447. The number of aliphatic hydroxyl groups is 1. The van der Waals surface area contributed by atoms with Crippen LogP contribution in [0, 0.1) is 0 Å². The van der Waals surface area contributed by atoms with E-state index in [0.29, 0.717) is 17.9 Å². The highest BCUT2D eigenvalue weighted by atomic mass is 16.5. The second-order valence-corrected chi connectivity index (χ2v) is 14.0. The second-order valence-electron chi connectivity index (χ2n) is 14.0. The third-order valence-corrected chi connectivity index (χ3v) is 9.72. The fourth-order valence-corrected chi connectivity index (χ4v) is 6.64. The highest BCUT2D eigenvalue weighted by Gasteiger charge is 2.44. The van der Waals surface area contributed by atoms with Gasteiger partial charge in [-0.2, -0.15) is 0 Å². The van der Waals surface area contributed by atoms with Crippen LogP contribution in [0.1, 0.15) is 66.4 Å². The average molecular weight is 744 g/mol. The molecular weight excluding hydrogens is 698 g/mol. The van der Waals surface area contributed by atoms with Gasteiger partial charge in [0.1, 0.15) is 35.7 Å². The van der Waals surface area contributed by atoms with Gasteiger partial charge in [-0.05, 0) is 62.8 Å². The van der Waals surface area contributed by atoms with Gasteiger partial charge in [-0.15, -0.1) is 0 Å². The Hall–Kier alpha value is -5.77. The minimum atomic E-state index is -1.50. The summed E-state index contributed by atoms with van der Waals surface area (Å²) in [5, 5.41) is 24.1. The third kappa shape index (κ3) is 9.41. The van der Waals surface area contributed by atoms with Gasteiger partial charge >= 0.3 is 0 Å². The Morgan fingerprint density at radius 2 is 1.72 bits per heavy atom. The van der Waals surface area contributed by atoms with Gasteiger partial charge in [-0.1, -0.05) is 42.5 Å². The van der Waals surface area contributed by atoms with E-state index in [0.717, 1.165) is 24.0 Å². The summed E-state index contributed by atoms with van der Waals surface area (Å²) in [6.45, 7) is 2.54. The summed E-state index contributed by atoms with van der Waals surface area (Å²) < 4.78 is 11.2. The first kappa shape index (κ1) is 38.0. The number of aromatic nitrogens is 1. The van der Waals surface area contributed by atoms with Gasteiger partial charge in [0, 0.05) is 31.5 Å². The van der Waals surface area contributed by atoms with Gasteiger partial charge in [0.15, 0.2) is 18.7 Å². The fourth-order valence-electron chi connectivity index (χ4n) is 6.64. The number of rotatable bonds is 6. The van der Waals surface area contributed by atoms with Gasteiger partial charge in [0.25, 0.3) is 11.8 Å². The van der Waals surface area contributed by atoms with Crippen molar-refractivity contribution in [2.45, 2.75) is 88.2 Å². The predicted octanol–water partition coefficient (Wildman–Crippen LogP) is 0.100. The van der Waals surface area contributed by atoms with E-state index in [1.54, 1.807) is 48.5 Å². The zero-order valence-electron chi connectivity index (χ0n) is 30.1. The monoisotopic (exact) mass is 743 g/mol. The summed E-state index contributed by atoms with van der Waals surface area (Å²) in [5.41, 5.74) is 1.75. The lowest BCUT2D eigenvalue weighted by Gasteiger charge is -2.30. The molecule has 0 radical (unpaired) electrons. The summed E-state index contributed by atoms with van der Waals surface area (Å²) in [6.07, 6.45) is 2.05. The topological polar surface area (TPSA) is 221 Å². The molecule has 1 aliphatic carbocycles. The van der Waals surface area contributed by atoms with Crippen molar-refractivity contribution in [2.24, 2.45) is 0 Å². The number of carbonyl (C=O) groups is 6. The Balaban J connectivity index is 1.29. The van der Waals surface area contributed by atoms with E-state index >= 15 is 0 Å². The van der Waals surface area contributed by atoms with Crippen LogP contribution in [0.5, 0.6) is 5.75 Å². The predicted molar refractivity (Wildman–Crippen MR) is 192 cm³/mol. The molecule has 6 N–H and O–H groups in total. The Morgan fingerprint density at radius 3 is 2.43 bits per heavy atom. The lowest BCUT2D eigenvalue weighted by Crippen LogP contribution is -2.60. The van der Waals surface area contributed by atoms with Crippen molar-refractivity contribution in [1.29, 1.82) is 0 Å². The first-order valence-electron chi connectivity index (χ1n) is 18.1. The van der Waals surface area contributed by atoms with E-state index in [1.165, 1.54) is 25.1 Å². The Morgan fingerprint density at radius 1 is 0.981 bits per heavy atom. The van der Waals surface area contributed by atoms with Crippen LogP contribution in [-0.4, -0.2) is 106 Å². The number of ether oxygens (including phenoxy) is 1. The van der Waals surface area contributed by atoms with Crippen LogP contribution in [0.3, 0.4) is 0 Å². The van der Waals surface area contributed by atoms with E-state index in [2.05, 4.69) is 31.6 Å². The van der Waals surface area contributed by atoms with Crippen molar-refractivity contribution >= 4 is 35.4 Å². The van der Waals surface area contributed by atoms with Crippen LogP contribution >= 0.6 is 0 Å². The van der Waals surface area contributed by atoms with Gasteiger partial charge in [-0.25, -0.2) is 4.98 Å². The molecule has 1 saturated carbocycles. The molecule has 1 aromatic heterocycles. The molecule has 6 amide bonds. The maximum absolute atomic E-state index is 14.5. The lowest BCUT2D eigenvalue weighted by molar-refractivity contribution is -0.143. The van der Waals surface area contributed by atoms with Crippen LogP contribution in [0.2, 0.25) is 0 Å². The molecule has 1 saturated heterocycles. The number of hydrogen-bond donors (Lipinski definition) is 6. The largest absolute Gasteiger partial charge is 0.484 e. The molecule has 54 heavy (non-hydrogen) atoms. The zero-order chi connectivity index (χ0) is 38.4. The number of carbonyl (C=O) groups excluding carboxylic acids is 6. The van der Waals surface area contributed by atoms with Crippen LogP contribution in [-0.2, 0) is 36.8 Å². The quantitative estimate of drug-likeness (QED) is 0.187. The number of fused-ring (bicyclic) bond motifs is 16. The van der Waals surface area contributed by atoms with Gasteiger partial charge in [0.2, 0.25) is 23.6 Å². The number of hydrogen-bond acceptors (Lipinski definition) is 10. The van der Waals surface area contributed by atoms with Crippen molar-refractivity contribution in [2.75, 3.05) is 19.7 Å². The van der Waals surface area contributed by atoms with Gasteiger partial charge < -0.3 is 45.7 Å². The molecule has 3 aromatic rings. The van der Waals surface area contributed by atoms with Crippen molar-refractivity contribution < 1.29 is 43.0 Å². The SMILES string of the molecule is C[C@@H]1NC(=O)[C@H]([C@@H](C)O)NC(=O)[C@@H]2C[C@H](NC(=O)c3ncoc3C3CC3)CN2C(=O)[C@H](Cc2ccccc2)NC(=O)COc2ccc(cc2)CCNC1=O. The first-order valence-corrected chi connectivity index (χ1v) is 18.1. The molecule has 16 nitrogen and oxygen atoms in total. The molecule has 2 fully saturated rings. The highest BCUT2D eigenvalue weighted by molar-refractivity contribution is 5.97. The second kappa shape index (κ2) is 16.9. The Labute approximate surface area is 311 Å². The highest BCUT2D eigenvalue weighted by Crippen LogP contribution is 2.41. The van der Waals surface area contributed by atoms with Crippen LogP contribution in [0.4, 0.5) is 0 Å². The number of nitrogens with one attached hydrogen (secondary N) is 5. The van der Waals surface area contributed by atoms with E-state index in [-0.39, 0.29) is 37.5 Å². The molecule has 3 aliphatic heterocycles. The average Bonchev–Trinajstić information content (AvgIpc) is 3.72. The maximum Gasteiger partial charge on any atom is 0.273 e. The Bertz CT molecular complexity index is 1840. The van der Waals surface area contributed by atoms with Crippen molar-refractivity contribution in [3.8, 4) is 5.75 Å². The van der Waals surface area contributed by atoms with Crippen molar-refractivity contribution in [1.82, 2.24) is 36.5 Å². The summed E-state index contributed by atoms with van der Waals surface area (Å²) in [7, 11) is 0. The minimum absolute atomic E-state index is 0.0575. The van der Waals surface area contributed by atoms with E-state index < -0.39 is 78.4 Å². The molecule has 7 rings (SSSR count). The minimum Gasteiger partial charge on any atom is -0.484 e. The summed E-state index contributed by atoms with van der Waals surface area (Å²) in [4.78, 5) is 86.9. The molecule has 0 unspecified atom stereocenters. The van der Waals surface area contributed by atoms with Crippen LogP contribution < -0.4 is 31.3 Å². The van der Waals surface area contributed by atoms with E-state index in [1.807, 2.05) is 6.07 Å². The normalized spacial score (nSPS) is 25.1. The number of benzene rings is 2. The smallest absolute Gasteiger partial charge is 0.273 e. The molecule has 16 heteroatoms. The first-order chi connectivity index (χ1) is 26.0. The molecular formula is C38H45N7O9. The van der Waals surface area contributed by atoms with E-state index in [9.17, 15) is 33.9 Å². The van der Waals surface area contributed by atoms with Crippen molar-refractivity contribution in [3.63, 3.8) is 0 Å². The van der Waals surface area contributed by atoms with Gasteiger partial charge in [0.05, 0.1) is 6.10 Å². The Kier molecular flexibility index (Phi) is 11.9. The number of nitrogens with zero attached hydrogens (tertiary/aromatic N) is 2. The molecule has 0 spiro atoms. The van der Waals surface area contributed by atoms with E-state index in [4.69, 9.17) is 9.15 Å². The number of amides is 6. The van der Waals surface area contributed by atoms with Crippen LogP contribution in [0.25, 0.3) is 0 Å². The van der Waals surface area contributed by atoms with Gasteiger partial charge in [-0.3, -0.25) is 28.8 Å². The van der Waals surface area contributed by atoms with Crippen molar-refractivity contribution in [3.05, 3.63) is 83.6 Å². The third-order valence-electron chi connectivity index (χ3n) is 9.72. The summed E-state index contributed by atoms with van der Waals surface area (Å²) >= 11 is 0. The number of oxazole rings is 1. The standard InChI is InChI=1S/C38H45N7O9/c1-21-34(48)39-15-14-23-8-12-27(13-9-23)53-19-30(47)43-28(16-24-6-4-3-5-7-24)38(52)45-18-26(42-37(51)32-33(25-10-11-25)54-20-40-32)17-29(45)35(49)44-31(22(2)46)36(50)41-21/h3-9,12-13,20-22,25-26,28-29,31,46H,10-11,14-19H2,1-2H3,(H,39,48)(H,41,50)(H,42,51)(H,43,47)(H,44,49)/t21-,22+,26-,28-,29-,31-/m0/s1. The molecule has 2 bridgehead atoms. The lowest BCUT2D eigenvalue weighted by atomic mass is 10.0. The summed E-state index contributed by atoms with van der Waals surface area (Å²) in [6, 6.07) is 10.4.